The second-order valence-corrected chi connectivity index (χ2v) is 12.3. The number of hydrogen-bond acceptors (Lipinski definition) is 1. The van der Waals surface area contributed by atoms with Crippen LogP contribution in [-0.4, -0.2) is 14.7 Å². The SMILES string of the molecule is CC[O-].C[Si](C)(c1cc2c([cH-]1)CCCC2)c1cc2c([cH-]1)CCCC2.[CH3-].[Zr+4]. The van der Waals surface area contributed by atoms with E-state index in [2.05, 4.69) is 37.4 Å². The van der Waals surface area contributed by atoms with Gasteiger partial charge in [0.1, 0.15) is 0 Å². The quantitative estimate of drug-likeness (QED) is 0.512. The van der Waals surface area contributed by atoms with Gasteiger partial charge >= 0.3 is 26.2 Å². The fourth-order valence-electron chi connectivity index (χ4n) is 4.29. The number of fused-ring (bicyclic) bond motifs is 2. The summed E-state index contributed by atoms with van der Waals surface area (Å²) in [6, 6.07) is 10.2. The summed E-state index contributed by atoms with van der Waals surface area (Å²) in [7, 11) is -1.49. The van der Waals surface area contributed by atoms with Crippen LogP contribution >= 0.6 is 0 Å². The zero-order valence-corrected chi connectivity index (χ0v) is 20.5. The van der Waals surface area contributed by atoms with Crippen molar-refractivity contribution >= 4 is 18.4 Å². The molecule has 26 heavy (non-hydrogen) atoms. The zero-order chi connectivity index (χ0) is 17.2. The summed E-state index contributed by atoms with van der Waals surface area (Å²) in [6.45, 7) is 6.67. The average Bonchev–Trinajstić information content (AvgIpc) is 3.20. The van der Waals surface area contributed by atoms with Crippen molar-refractivity contribution in [2.45, 2.75) is 71.4 Å². The number of rotatable bonds is 2. The Bertz CT molecular complexity index is 577. The Morgan fingerprint density at radius 3 is 1.54 bits per heavy atom. The topological polar surface area (TPSA) is 23.1 Å². The molecule has 0 atom stereocenters. The maximum Gasteiger partial charge on any atom is 4.00 e. The largest absolute Gasteiger partial charge is 4.00 e. The van der Waals surface area contributed by atoms with Crippen LogP contribution in [0.4, 0.5) is 0 Å². The second-order valence-electron chi connectivity index (χ2n) is 7.92. The van der Waals surface area contributed by atoms with Gasteiger partial charge in [0.05, 0.1) is 8.07 Å². The Balaban J connectivity index is 0.000000635. The summed E-state index contributed by atoms with van der Waals surface area (Å²) < 4.78 is 0. The van der Waals surface area contributed by atoms with Crippen molar-refractivity contribution in [2.75, 3.05) is 6.61 Å². The minimum atomic E-state index is -1.49. The van der Waals surface area contributed by atoms with Crippen LogP contribution in [0.15, 0.2) is 24.3 Å². The van der Waals surface area contributed by atoms with Crippen molar-refractivity contribution in [3.63, 3.8) is 0 Å². The first-order valence-corrected chi connectivity index (χ1v) is 12.7. The molecule has 0 bridgehead atoms. The van der Waals surface area contributed by atoms with Crippen molar-refractivity contribution in [3.05, 3.63) is 53.9 Å². The Hall–Kier alpha value is -0.240. The number of aryl methyl sites for hydroxylation is 4. The standard InChI is InChI=1S/C20H26Si.C2H5O.CH3.Zr/c1-21(2,19-11-15-7-3-4-8-16(15)12-19)20-13-17-9-5-6-10-18(17)14-20;1-2-3;;/h11-14H,3-10H2,1-2H3;2H2,1H3;1H3;/q-2;2*-1;+4. The molecule has 1 nitrogen and oxygen atoms in total. The summed E-state index contributed by atoms with van der Waals surface area (Å²) in [5.41, 5.74) is 6.64. The maximum atomic E-state index is 8.93. The Kier molecular flexibility index (Phi) is 9.47. The van der Waals surface area contributed by atoms with E-state index in [0.717, 1.165) is 0 Å². The molecule has 0 spiro atoms. The van der Waals surface area contributed by atoms with Crippen LogP contribution in [0.2, 0.25) is 13.1 Å². The third-order valence-electron chi connectivity index (χ3n) is 5.87. The zero-order valence-electron chi connectivity index (χ0n) is 17.1. The molecule has 140 valence electrons. The molecule has 2 aliphatic rings. The van der Waals surface area contributed by atoms with Gasteiger partial charge in [-0.15, -0.1) is 6.61 Å². The molecule has 0 aromatic heterocycles. The van der Waals surface area contributed by atoms with Crippen LogP contribution in [0, 0.1) is 7.43 Å². The molecule has 3 heteroatoms. The summed E-state index contributed by atoms with van der Waals surface area (Å²) in [5.74, 6) is 0. The molecule has 0 N–H and O–H groups in total. The van der Waals surface area contributed by atoms with Crippen molar-refractivity contribution in [1.29, 1.82) is 0 Å². The van der Waals surface area contributed by atoms with E-state index in [0.29, 0.717) is 0 Å². The van der Waals surface area contributed by atoms with Crippen molar-refractivity contribution in [2.24, 2.45) is 0 Å². The van der Waals surface area contributed by atoms with Crippen molar-refractivity contribution in [3.8, 4) is 0 Å². The summed E-state index contributed by atoms with van der Waals surface area (Å²) in [5, 5.41) is 12.3. The van der Waals surface area contributed by atoms with Gasteiger partial charge in [0.25, 0.3) is 0 Å². The summed E-state index contributed by atoms with van der Waals surface area (Å²) in [6.07, 6.45) is 10.8. The van der Waals surface area contributed by atoms with Gasteiger partial charge in [-0.05, 0) is 0 Å². The molecule has 0 aliphatic heterocycles. The minimum absolute atomic E-state index is 0. The van der Waals surface area contributed by atoms with Crippen LogP contribution in [0.5, 0.6) is 0 Å². The fourth-order valence-corrected chi connectivity index (χ4v) is 6.76. The molecule has 0 heterocycles. The van der Waals surface area contributed by atoms with Crippen LogP contribution < -0.4 is 15.5 Å². The first-order chi connectivity index (χ1) is 11.6. The van der Waals surface area contributed by atoms with Gasteiger partial charge in [-0.1, -0.05) is 71.4 Å². The maximum absolute atomic E-state index is 8.93. The normalized spacial score (nSPS) is 15.5. The molecule has 0 unspecified atom stereocenters. The van der Waals surface area contributed by atoms with E-state index < -0.39 is 8.07 Å². The molecule has 0 amide bonds. The third-order valence-corrected chi connectivity index (χ3v) is 9.34. The van der Waals surface area contributed by atoms with Gasteiger partial charge in [-0.3, -0.25) is 0 Å². The van der Waals surface area contributed by atoms with E-state index in [1.807, 2.05) is 0 Å². The molecule has 0 saturated carbocycles. The first kappa shape index (κ1) is 23.8. The Labute approximate surface area is 181 Å². The molecule has 2 aromatic rings. The third kappa shape index (κ3) is 4.97. The van der Waals surface area contributed by atoms with Gasteiger partial charge in [0, 0.05) is 0 Å². The van der Waals surface area contributed by atoms with E-state index in [4.69, 9.17) is 5.11 Å². The average molecular weight is 446 g/mol. The van der Waals surface area contributed by atoms with Crippen molar-refractivity contribution < 1.29 is 31.3 Å². The molecule has 0 radical (unpaired) electrons. The van der Waals surface area contributed by atoms with Gasteiger partial charge in [0.2, 0.25) is 0 Å². The monoisotopic (exact) mass is 444 g/mol. The fraction of sp³-hybridized carbons (Fsp3) is 0.522. The minimum Gasteiger partial charge on any atom is -0.855 e. The van der Waals surface area contributed by atoms with Crippen LogP contribution in [0.1, 0.15) is 54.9 Å². The van der Waals surface area contributed by atoms with E-state index in [1.165, 1.54) is 51.4 Å². The predicted octanol–water partition coefficient (Wildman–Crippen LogP) is 3.52. The van der Waals surface area contributed by atoms with Crippen molar-refractivity contribution in [1.82, 2.24) is 0 Å². The molecule has 2 aliphatic carbocycles. The Morgan fingerprint density at radius 2 is 1.19 bits per heavy atom. The van der Waals surface area contributed by atoms with Gasteiger partial charge in [0.15, 0.2) is 0 Å². The molecule has 4 rings (SSSR count). The second kappa shape index (κ2) is 10.3. The van der Waals surface area contributed by atoms with Crippen LogP contribution in [0.3, 0.4) is 0 Å². The molecular formula is C23H34OSiZr. The van der Waals surface area contributed by atoms with Crippen LogP contribution in [0.25, 0.3) is 0 Å². The van der Waals surface area contributed by atoms with Gasteiger partial charge in [-0.2, -0.15) is 44.8 Å². The van der Waals surface area contributed by atoms with Gasteiger partial charge in [-0.25, -0.2) is 12.1 Å². The van der Waals surface area contributed by atoms with E-state index in [-0.39, 0.29) is 40.2 Å². The smallest absolute Gasteiger partial charge is 0.855 e. The Morgan fingerprint density at radius 1 is 0.846 bits per heavy atom. The van der Waals surface area contributed by atoms with Crippen LogP contribution in [-0.2, 0) is 51.9 Å². The molecule has 0 fully saturated rings. The first-order valence-electron chi connectivity index (χ1n) is 9.72. The summed E-state index contributed by atoms with van der Waals surface area (Å²) in [4.78, 5) is 0. The van der Waals surface area contributed by atoms with E-state index in [9.17, 15) is 0 Å². The summed E-state index contributed by atoms with van der Waals surface area (Å²) >= 11 is 0. The van der Waals surface area contributed by atoms with E-state index in [1.54, 1.807) is 39.6 Å². The molecule has 0 saturated heterocycles. The van der Waals surface area contributed by atoms with Gasteiger partial charge < -0.3 is 12.5 Å². The van der Waals surface area contributed by atoms with E-state index >= 15 is 0 Å². The molecular weight excluding hydrogens is 412 g/mol. The predicted molar refractivity (Wildman–Crippen MR) is 111 cm³/mol. The molecule has 2 aromatic carbocycles. The number of hydrogen-bond donors (Lipinski definition) is 0.